The van der Waals surface area contributed by atoms with Crippen molar-refractivity contribution < 1.29 is 23.6 Å². The Morgan fingerprint density at radius 2 is 2.04 bits per heavy atom. The Labute approximate surface area is 140 Å². The third-order valence-corrected chi connectivity index (χ3v) is 3.79. The fourth-order valence-electron chi connectivity index (χ4n) is 2.75. The van der Waals surface area contributed by atoms with E-state index in [9.17, 15) is 14.0 Å². The molecule has 7 heteroatoms. The Morgan fingerprint density at radius 1 is 1.33 bits per heavy atom. The van der Waals surface area contributed by atoms with Crippen molar-refractivity contribution in [3.8, 4) is 0 Å². The predicted molar refractivity (Wildman–Crippen MR) is 86.6 cm³/mol. The van der Waals surface area contributed by atoms with E-state index >= 15 is 0 Å². The maximum Gasteiger partial charge on any atom is 0.338 e. The molecular weight excluding hydrogens is 313 g/mol. The smallest absolute Gasteiger partial charge is 0.338 e. The molecule has 1 heterocycles. The van der Waals surface area contributed by atoms with Gasteiger partial charge in [0.1, 0.15) is 18.9 Å². The summed E-state index contributed by atoms with van der Waals surface area (Å²) in [4.78, 5) is 24.8. The Bertz CT molecular complexity index is 660. The molecule has 0 saturated heterocycles. The molecule has 1 aromatic carbocycles. The summed E-state index contributed by atoms with van der Waals surface area (Å²) in [5.74, 6) is -0.717. The van der Waals surface area contributed by atoms with E-state index in [0.29, 0.717) is 29.9 Å². The van der Waals surface area contributed by atoms with E-state index in [0.717, 1.165) is 4.90 Å². The third-order valence-electron chi connectivity index (χ3n) is 3.79. The van der Waals surface area contributed by atoms with Gasteiger partial charge in [0.25, 0.3) is 0 Å². The molecule has 0 aromatic heterocycles. The van der Waals surface area contributed by atoms with Crippen molar-refractivity contribution in [2.45, 2.75) is 26.4 Å². The highest BCUT2D eigenvalue weighted by molar-refractivity contribution is 5.94. The number of hydrogen-bond acceptors (Lipinski definition) is 3. The standard InChI is InChI=1S/C17H22FN3O3/c1-4-24-16(22)15-11(2)19-17(23)20-14(15)10-21(3)9-12-7-5-6-8-13(12)18/h5-8,11H,4,9-10H2,1-3H3,(H2,19,20,23)/p+1/t11-/m1/s1. The summed E-state index contributed by atoms with van der Waals surface area (Å²) < 4.78 is 18.9. The van der Waals surface area contributed by atoms with Gasteiger partial charge in [-0.1, -0.05) is 18.2 Å². The number of rotatable bonds is 6. The summed E-state index contributed by atoms with van der Waals surface area (Å²) in [6.45, 7) is 4.53. The topological polar surface area (TPSA) is 71.9 Å². The zero-order valence-corrected chi connectivity index (χ0v) is 14.1. The number of ether oxygens (including phenoxy) is 1. The highest BCUT2D eigenvalue weighted by Crippen LogP contribution is 2.13. The number of amides is 2. The maximum absolute atomic E-state index is 13.8. The summed E-state index contributed by atoms with van der Waals surface area (Å²) >= 11 is 0. The van der Waals surface area contributed by atoms with Crippen molar-refractivity contribution in [3.63, 3.8) is 0 Å². The number of esters is 1. The van der Waals surface area contributed by atoms with Gasteiger partial charge in [-0.25, -0.2) is 14.0 Å². The van der Waals surface area contributed by atoms with Gasteiger partial charge in [-0.2, -0.15) is 0 Å². The Kier molecular flexibility index (Phi) is 5.92. The SMILES string of the molecule is CCOC(=O)C1=C(C[NH+](C)Cc2ccccc2F)NC(=O)N[C@@H]1C. The van der Waals surface area contributed by atoms with Crippen LogP contribution in [-0.2, 0) is 16.1 Å². The van der Waals surface area contributed by atoms with Crippen LogP contribution in [0.1, 0.15) is 19.4 Å². The monoisotopic (exact) mass is 336 g/mol. The number of likely N-dealkylation sites (N-methyl/N-ethyl adjacent to an activating group) is 1. The first-order valence-electron chi connectivity index (χ1n) is 7.94. The zero-order chi connectivity index (χ0) is 17.7. The minimum absolute atomic E-state index is 0.258. The molecule has 24 heavy (non-hydrogen) atoms. The Balaban J connectivity index is 2.19. The minimum Gasteiger partial charge on any atom is -0.463 e. The van der Waals surface area contributed by atoms with E-state index in [4.69, 9.17) is 4.74 Å². The van der Waals surface area contributed by atoms with Gasteiger partial charge in [-0.05, 0) is 19.9 Å². The molecule has 3 N–H and O–H groups in total. The van der Waals surface area contributed by atoms with Crippen molar-refractivity contribution in [3.05, 3.63) is 46.9 Å². The summed E-state index contributed by atoms with van der Waals surface area (Å²) in [7, 11) is 1.88. The number of urea groups is 1. The van der Waals surface area contributed by atoms with E-state index in [1.807, 2.05) is 7.05 Å². The van der Waals surface area contributed by atoms with Crippen LogP contribution in [0, 0.1) is 5.82 Å². The van der Waals surface area contributed by atoms with Crippen molar-refractivity contribution in [2.24, 2.45) is 0 Å². The second-order valence-corrected chi connectivity index (χ2v) is 5.83. The molecule has 2 rings (SSSR count). The van der Waals surface area contributed by atoms with Crippen LogP contribution in [0.2, 0.25) is 0 Å². The van der Waals surface area contributed by atoms with Gasteiger partial charge in [0.2, 0.25) is 0 Å². The van der Waals surface area contributed by atoms with E-state index < -0.39 is 12.0 Å². The van der Waals surface area contributed by atoms with Crippen LogP contribution in [0.3, 0.4) is 0 Å². The molecular formula is C17H23FN3O3+. The van der Waals surface area contributed by atoms with Crippen molar-refractivity contribution in [1.29, 1.82) is 0 Å². The van der Waals surface area contributed by atoms with Crippen LogP contribution in [0.15, 0.2) is 35.5 Å². The molecule has 1 aromatic rings. The van der Waals surface area contributed by atoms with Crippen LogP contribution in [-0.4, -0.2) is 38.2 Å². The summed E-state index contributed by atoms with van der Waals surface area (Å²) in [5, 5.41) is 5.33. The lowest BCUT2D eigenvalue weighted by Crippen LogP contribution is -3.08. The van der Waals surface area contributed by atoms with E-state index in [2.05, 4.69) is 10.6 Å². The first-order chi connectivity index (χ1) is 11.4. The lowest BCUT2D eigenvalue weighted by atomic mass is 10.0. The molecule has 1 aliphatic rings. The number of benzene rings is 1. The fourth-order valence-corrected chi connectivity index (χ4v) is 2.75. The normalized spacial score (nSPS) is 18.7. The molecule has 130 valence electrons. The maximum atomic E-state index is 13.8. The summed E-state index contributed by atoms with van der Waals surface area (Å²) in [5.41, 5.74) is 1.50. The number of carbonyl (C=O) groups excluding carboxylic acids is 2. The van der Waals surface area contributed by atoms with Crippen LogP contribution in [0.25, 0.3) is 0 Å². The number of quaternary nitrogens is 1. The average Bonchev–Trinajstić information content (AvgIpc) is 2.49. The molecule has 1 aliphatic heterocycles. The number of nitrogens with one attached hydrogen (secondary N) is 3. The van der Waals surface area contributed by atoms with Gasteiger partial charge in [0.15, 0.2) is 0 Å². The third kappa shape index (κ3) is 4.32. The molecule has 6 nitrogen and oxygen atoms in total. The zero-order valence-electron chi connectivity index (χ0n) is 14.1. The van der Waals surface area contributed by atoms with Crippen molar-refractivity contribution in [2.75, 3.05) is 20.2 Å². The average molecular weight is 336 g/mol. The first-order valence-corrected chi connectivity index (χ1v) is 7.94. The van der Waals surface area contributed by atoms with Crippen LogP contribution >= 0.6 is 0 Å². The highest BCUT2D eigenvalue weighted by Gasteiger charge is 2.31. The molecule has 0 aliphatic carbocycles. The quantitative estimate of drug-likeness (QED) is 0.657. The van der Waals surface area contributed by atoms with Gasteiger partial charge in [0.05, 0.1) is 31.0 Å². The number of carbonyl (C=O) groups is 2. The molecule has 0 fully saturated rings. The highest BCUT2D eigenvalue weighted by atomic mass is 19.1. The second-order valence-electron chi connectivity index (χ2n) is 5.83. The fraction of sp³-hybridized carbons (Fsp3) is 0.412. The summed E-state index contributed by atoms with van der Waals surface area (Å²) in [6.07, 6.45) is 0. The van der Waals surface area contributed by atoms with Crippen molar-refractivity contribution >= 4 is 12.0 Å². The molecule has 2 amide bonds. The second kappa shape index (κ2) is 7.92. The number of hydrogen-bond donors (Lipinski definition) is 3. The molecule has 2 atom stereocenters. The Hall–Kier alpha value is -2.41. The first kappa shape index (κ1) is 17.9. The molecule has 0 spiro atoms. The van der Waals surface area contributed by atoms with Gasteiger partial charge < -0.3 is 20.3 Å². The van der Waals surface area contributed by atoms with Crippen LogP contribution in [0.4, 0.5) is 9.18 Å². The molecule has 1 unspecified atom stereocenters. The predicted octanol–water partition coefficient (Wildman–Crippen LogP) is 0.359. The van der Waals surface area contributed by atoms with Crippen LogP contribution < -0.4 is 15.5 Å². The van der Waals surface area contributed by atoms with E-state index in [1.165, 1.54) is 6.07 Å². The Morgan fingerprint density at radius 3 is 2.71 bits per heavy atom. The van der Waals surface area contributed by atoms with Gasteiger partial charge in [0, 0.05) is 5.56 Å². The molecule has 0 bridgehead atoms. The van der Waals surface area contributed by atoms with Gasteiger partial charge >= 0.3 is 12.0 Å². The molecule has 0 saturated carbocycles. The van der Waals surface area contributed by atoms with Crippen LogP contribution in [0.5, 0.6) is 0 Å². The van der Waals surface area contributed by atoms with Crippen molar-refractivity contribution in [1.82, 2.24) is 10.6 Å². The van der Waals surface area contributed by atoms with E-state index in [1.54, 1.807) is 32.0 Å². The largest absolute Gasteiger partial charge is 0.463 e. The lowest BCUT2D eigenvalue weighted by Gasteiger charge is -2.27. The lowest BCUT2D eigenvalue weighted by molar-refractivity contribution is -0.889. The minimum atomic E-state index is -0.453. The molecule has 0 radical (unpaired) electrons. The van der Waals surface area contributed by atoms with E-state index in [-0.39, 0.29) is 18.5 Å². The van der Waals surface area contributed by atoms with Gasteiger partial charge in [-0.15, -0.1) is 0 Å². The number of halogens is 1. The summed E-state index contributed by atoms with van der Waals surface area (Å²) in [6, 6.07) is 5.77. The van der Waals surface area contributed by atoms with Gasteiger partial charge in [-0.3, -0.25) is 0 Å².